The van der Waals surface area contributed by atoms with Crippen molar-refractivity contribution >= 4 is 23.3 Å². The summed E-state index contributed by atoms with van der Waals surface area (Å²) in [6, 6.07) is 13.3. The van der Waals surface area contributed by atoms with Gasteiger partial charge in [-0.25, -0.2) is 0 Å². The highest BCUT2D eigenvalue weighted by Gasteiger charge is 2.13. The van der Waals surface area contributed by atoms with Gasteiger partial charge >= 0.3 is 5.97 Å². The lowest BCUT2D eigenvalue weighted by molar-refractivity contribution is -0.135. The number of nitrogens with zero attached hydrogens (tertiary/aromatic N) is 1. The zero-order valence-electron chi connectivity index (χ0n) is 12.1. The fourth-order valence-corrected chi connectivity index (χ4v) is 2.37. The van der Waals surface area contributed by atoms with Crippen LogP contribution in [0, 0.1) is 13.8 Å². The topological polar surface area (TPSA) is 40.5 Å². The van der Waals surface area contributed by atoms with Crippen LogP contribution < -0.4 is 4.90 Å². The van der Waals surface area contributed by atoms with Crippen LogP contribution in [0.15, 0.2) is 42.5 Å². The Labute approximate surface area is 129 Å². The smallest absolute Gasteiger partial charge is 0.323 e. The molecular formula is C17H18ClNO2. The number of halogens is 1. The first-order chi connectivity index (χ1) is 9.97. The number of aliphatic carboxylic acids is 1. The Bertz CT molecular complexity index is 638. The minimum Gasteiger partial charge on any atom is -0.480 e. The highest BCUT2D eigenvalue weighted by molar-refractivity contribution is 6.30. The lowest BCUT2D eigenvalue weighted by Crippen LogP contribution is -2.29. The van der Waals surface area contributed by atoms with Crippen LogP contribution in [0.5, 0.6) is 0 Å². The highest BCUT2D eigenvalue weighted by Crippen LogP contribution is 2.22. The van der Waals surface area contributed by atoms with E-state index in [0.717, 1.165) is 11.3 Å². The number of carboxylic acids is 1. The zero-order chi connectivity index (χ0) is 15.4. The van der Waals surface area contributed by atoms with E-state index in [1.165, 1.54) is 11.1 Å². The molecule has 0 bridgehead atoms. The molecule has 0 aliphatic rings. The number of carboxylic acid groups (broad SMARTS) is 1. The molecule has 110 valence electrons. The Hall–Kier alpha value is -2.00. The van der Waals surface area contributed by atoms with Gasteiger partial charge in [0.05, 0.1) is 0 Å². The van der Waals surface area contributed by atoms with E-state index >= 15 is 0 Å². The van der Waals surface area contributed by atoms with Gasteiger partial charge in [-0.15, -0.1) is 0 Å². The minimum atomic E-state index is -0.852. The van der Waals surface area contributed by atoms with E-state index in [0.29, 0.717) is 11.6 Å². The summed E-state index contributed by atoms with van der Waals surface area (Å²) in [5.74, 6) is -0.852. The van der Waals surface area contributed by atoms with Crippen molar-refractivity contribution < 1.29 is 9.90 Å². The summed E-state index contributed by atoms with van der Waals surface area (Å²) < 4.78 is 0. The molecule has 0 unspecified atom stereocenters. The maximum atomic E-state index is 11.1. The third kappa shape index (κ3) is 3.99. The van der Waals surface area contributed by atoms with Crippen molar-refractivity contribution in [2.24, 2.45) is 0 Å². The van der Waals surface area contributed by atoms with E-state index in [9.17, 15) is 4.79 Å². The lowest BCUT2D eigenvalue weighted by Gasteiger charge is -2.24. The maximum absolute atomic E-state index is 11.1. The monoisotopic (exact) mass is 303 g/mol. The molecule has 0 aliphatic heterocycles. The Balaban J connectivity index is 2.30. The average Bonchev–Trinajstić information content (AvgIpc) is 2.43. The zero-order valence-corrected chi connectivity index (χ0v) is 12.9. The van der Waals surface area contributed by atoms with Crippen molar-refractivity contribution in [3.8, 4) is 0 Å². The largest absolute Gasteiger partial charge is 0.480 e. The molecule has 0 fully saturated rings. The highest BCUT2D eigenvalue weighted by atomic mass is 35.5. The predicted octanol–water partition coefficient (Wildman–Crippen LogP) is 4.05. The molecule has 0 atom stereocenters. The summed E-state index contributed by atoms with van der Waals surface area (Å²) in [4.78, 5) is 13.0. The molecule has 0 saturated carbocycles. The number of benzene rings is 2. The van der Waals surface area contributed by atoms with Crippen LogP contribution >= 0.6 is 11.6 Å². The minimum absolute atomic E-state index is 0.0466. The van der Waals surface area contributed by atoms with E-state index in [1.807, 2.05) is 29.2 Å². The molecule has 0 amide bonds. The van der Waals surface area contributed by atoms with Gasteiger partial charge in [0.1, 0.15) is 6.54 Å². The van der Waals surface area contributed by atoms with Gasteiger partial charge in [0.25, 0.3) is 0 Å². The van der Waals surface area contributed by atoms with Crippen LogP contribution in [0.1, 0.15) is 16.7 Å². The average molecular weight is 304 g/mol. The van der Waals surface area contributed by atoms with Crippen molar-refractivity contribution in [2.75, 3.05) is 11.4 Å². The fourth-order valence-electron chi connectivity index (χ4n) is 2.24. The number of anilines is 1. The molecule has 0 aliphatic carbocycles. The number of rotatable bonds is 5. The van der Waals surface area contributed by atoms with Gasteiger partial charge in [0.2, 0.25) is 0 Å². The third-order valence-corrected chi connectivity index (χ3v) is 3.85. The van der Waals surface area contributed by atoms with Gasteiger partial charge in [-0.05, 0) is 54.8 Å². The molecule has 4 heteroatoms. The van der Waals surface area contributed by atoms with Gasteiger partial charge in [-0.1, -0.05) is 29.8 Å². The fraction of sp³-hybridized carbons (Fsp3) is 0.235. The SMILES string of the molecule is Cc1cccc(CN(CC(=O)O)c2ccc(Cl)cc2)c1C. The number of aryl methyl sites for hydroxylation is 1. The molecule has 3 nitrogen and oxygen atoms in total. The van der Waals surface area contributed by atoms with Crippen LogP contribution in [-0.4, -0.2) is 17.6 Å². The Morgan fingerprint density at radius 3 is 2.43 bits per heavy atom. The summed E-state index contributed by atoms with van der Waals surface area (Å²) >= 11 is 5.89. The second-order valence-corrected chi connectivity index (χ2v) is 5.52. The molecule has 0 radical (unpaired) electrons. The van der Waals surface area contributed by atoms with E-state index < -0.39 is 5.97 Å². The first-order valence-electron chi connectivity index (χ1n) is 6.75. The molecule has 2 aromatic rings. The molecule has 0 spiro atoms. The first kappa shape index (κ1) is 15.4. The molecule has 2 rings (SSSR count). The Kier molecular flexibility index (Phi) is 4.86. The Morgan fingerprint density at radius 2 is 1.81 bits per heavy atom. The first-order valence-corrected chi connectivity index (χ1v) is 7.12. The Morgan fingerprint density at radius 1 is 1.14 bits per heavy atom. The van der Waals surface area contributed by atoms with Gasteiger partial charge in [-0.3, -0.25) is 4.79 Å². The molecule has 21 heavy (non-hydrogen) atoms. The molecular weight excluding hydrogens is 286 g/mol. The van der Waals surface area contributed by atoms with Gasteiger partial charge in [0, 0.05) is 17.3 Å². The van der Waals surface area contributed by atoms with Gasteiger partial charge in [-0.2, -0.15) is 0 Å². The van der Waals surface area contributed by atoms with E-state index in [-0.39, 0.29) is 6.54 Å². The number of carbonyl (C=O) groups is 1. The quantitative estimate of drug-likeness (QED) is 0.906. The standard InChI is InChI=1S/C17H18ClNO2/c1-12-4-3-5-14(13(12)2)10-19(11-17(20)21)16-8-6-15(18)7-9-16/h3-9H,10-11H2,1-2H3,(H,20,21). The molecule has 2 aromatic carbocycles. The van der Waals surface area contributed by atoms with Crippen molar-refractivity contribution in [2.45, 2.75) is 20.4 Å². The van der Waals surface area contributed by atoms with Crippen molar-refractivity contribution in [1.29, 1.82) is 0 Å². The summed E-state index contributed by atoms with van der Waals surface area (Å²) in [5.41, 5.74) is 4.38. The maximum Gasteiger partial charge on any atom is 0.323 e. The van der Waals surface area contributed by atoms with Crippen molar-refractivity contribution in [1.82, 2.24) is 0 Å². The predicted molar refractivity (Wildman–Crippen MR) is 86.1 cm³/mol. The third-order valence-electron chi connectivity index (χ3n) is 3.60. The molecule has 0 heterocycles. The number of hydrogen-bond donors (Lipinski definition) is 1. The normalized spacial score (nSPS) is 10.4. The lowest BCUT2D eigenvalue weighted by atomic mass is 10.0. The van der Waals surface area contributed by atoms with Crippen LogP contribution in [0.4, 0.5) is 5.69 Å². The molecule has 0 aromatic heterocycles. The summed E-state index contributed by atoms with van der Waals surface area (Å²) in [6.45, 7) is 4.63. The van der Waals surface area contributed by atoms with Gasteiger partial charge < -0.3 is 10.0 Å². The summed E-state index contributed by atoms with van der Waals surface area (Å²) in [7, 11) is 0. The second kappa shape index (κ2) is 6.64. The van der Waals surface area contributed by atoms with Crippen LogP contribution in [0.25, 0.3) is 0 Å². The second-order valence-electron chi connectivity index (χ2n) is 5.09. The summed E-state index contributed by atoms with van der Waals surface area (Å²) in [6.07, 6.45) is 0. The van der Waals surface area contributed by atoms with Crippen LogP contribution in [0.3, 0.4) is 0 Å². The van der Waals surface area contributed by atoms with E-state index in [2.05, 4.69) is 19.9 Å². The molecule has 0 saturated heterocycles. The van der Waals surface area contributed by atoms with Gasteiger partial charge in [0.15, 0.2) is 0 Å². The van der Waals surface area contributed by atoms with Crippen molar-refractivity contribution in [3.05, 3.63) is 64.2 Å². The van der Waals surface area contributed by atoms with Crippen LogP contribution in [0.2, 0.25) is 5.02 Å². The molecule has 1 N–H and O–H groups in total. The van der Waals surface area contributed by atoms with Crippen molar-refractivity contribution in [3.63, 3.8) is 0 Å². The number of hydrogen-bond acceptors (Lipinski definition) is 2. The summed E-state index contributed by atoms with van der Waals surface area (Å²) in [5, 5.41) is 9.77. The van der Waals surface area contributed by atoms with E-state index in [1.54, 1.807) is 12.1 Å². The van der Waals surface area contributed by atoms with E-state index in [4.69, 9.17) is 16.7 Å². The van der Waals surface area contributed by atoms with Crippen LogP contribution in [-0.2, 0) is 11.3 Å².